The maximum absolute atomic E-state index is 11.6. The van der Waals surface area contributed by atoms with E-state index in [1.54, 1.807) is 12.1 Å². The third-order valence-corrected chi connectivity index (χ3v) is 5.22. The number of nitrogen functional groups attached to an aromatic ring is 1. The van der Waals surface area contributed by atoms with Gasteiger partial charge in [-0.3, -0.25) is 4.79 Å². The van der Waals surface area contributed by atoms with Crippen molar-refractivity contribution in [2.24, 2.45) is 0 Å². The molecule has 13 nitrogen and oxygen atoms in total. The number of hydrogen-bond donors (Lipinski definition) is 1. The Morgan fingerprint density at radius 1 is 0.500 bits per heavy atom. The van der Waals surface area contributed by atoms with Crippen LogP contribution in [-0.4, -0.2) is 137 Å². The van der Waals surface area contributed by atoms with Gasteiger partial charge in [0, 0.05) is 5.69 Å². The van der Waals surface area contributed by atoms with Crippen LogP contribution in [0, 0.1) is 0 Å². The smallest absolute Gasteiger partial charge is 0.308 e. The van der Waals surface area contributed by atoms with Crippen LogP contribution in [0.2, 0.25) is 0 Å². The second-order valence-corrected chi connectivity index (χ2v) is 10.3. The molecule has 13 heteroatoms. The minimum Gasteiger partial charge on any atom is -0.491 e. The number of carbonyl (C=O) groups is 1. The van der Waals surface area contributed by atoms with Crippen LogP contribution < -0.4 is 10.5 Å². The summed E-state index contributed by atoms with van der Waals surface area (Å²) < 4.78 is 59.8. The van der Waals surface area contributed by atoms with Gasteiger partial charge in [0.05, 0.1) is 125 Å². The lowest BCUT2D eigenvalue weighted by Gasteiger charge is -2.19. The molecule has 0 spiro atoms. The average Bonchev–Trinajstić information content (AvgIpc) is 2.98. The van der Waals surface area contributed by atoms with Gasteiger partial charge in [0.15, 0.2) is 0 Å². The van der Waals surface area contributed by atoms with E-state index in [4.69, 9.17) is 57.8 Å². The zero-order valence-electron chi connectivity index (χ0n) is 26.9. The Hall–Kier alpha value is -2.07. The average molecular weight is 634 g/mol. The van der Waals surface area contributed by atoms with E-state index in [-0.39, 0.29) is 12.4 Å². The van der Waals surface area contributed by atoms with E-state index in [0.717, 1.165) is 5.75 Å². The molecule has 0 aliphatic carbocycles. The summed E-state index contributed by atoms with van der Waals surface area (Å²) in [6.45, 7) is 14.6. The van der Waals surface area contributed by atoms with E-state index >= 15 is 0 Å². The number of hydrogen-bond acceptors (Lipinski definition) is 13. The molecule has 2 N–H and O–H groups in total. The Kier molecular flexibility index (Phi) is 25.8. The Balaban J connectivity index is 1.66. The van der Waals surface area contributed by atoms with Gasteiger partial charge in [0.25, 0.3) is 0 Å². The lowest BCUT2D eigenvalue weighted by molar-refractivity contribution is -0.156. The minimum atomic E-state index is -0.473. The molecule has 1 aromatic rings. The molecule has 0 amide bonds. The van der Waals surface area contributed by atoms with Crippen molar-refractivity contribution in [2.75, 3.05) is 131 Å². The van der Waals surface area contributed by atoms with Gasteiger partial charge in [-0.15, -0.1) is 0 Å². The normalized spacial score (nSPS) is 11.6. The van der Waals surface area contributed by atoms with Crippen molar-refractivity contribution in [1.82, 2.24) is 0 Å². The zero-order valence-corrected chi connectivity index (χ0v) is 26.9. The van der Waals surface area contributed by atoms with E-state index in [1.807, 2.05) is 32.9 Å². The highest BCUT2D eigenvalue weighted by atomic mass is 16.6. The number of ether oxygens (including phenoxy) is 11. The van der Waals surface area contributed by atoms with Crippen LogP contribution in [0.25, 0.3) is 0 Å². The van der Waals surface area contributed by atoms with Crippen molar-refractivity contribution in [1.29, 1.82) is 0 Å². The number of anilines is 1. The number of rotatable bonds is 31. The van der Waals surface area contributed by atoms with Crippen molar-refractivity contribution in [3.05, 3.63) is 24.3 Å². The lowest BCUT2D eigenvalue weighted by atomic mass is 10.2. The molecule has 256 valence electrons. The Morgan fingerprint density at radius 3 is 1.11 bits per heavy atom. The molecular weight excluding hydrogens is 578 g/mol. The molecule has 0 saturated heterocycles. The van der Waals surface area contributed by atoms with Crippen LogP contribution in [0.15, 0.2) is 24.3 Å². The van der Waals surface area contributed by atoms with Gasteiger partial charge in [0.2, 0.25) is 0 Å². The molecule has 0 bridgehead atoms. The molecule has 0 fully saturated rings. The second kappa shape index (κ2) is 28.4. The molecule has 0 atom stereocenters. The van der Waals surface area contributed by atoms with E-state index in [0.29, 0.717) is 131 Å². The molecule has 0 radical (unpaired) electrons. The molecule has 1 aromatic carbocycles. The monoisotopic (exact) mass is 633 g/mol. The first-order valence-electron chi connectivity index (χ1n) is 15.3. The number of carbonyl (C=O) groups excluding carboxylic acids is 1. The van der Waals surface area contributed by atoms with Gasteiger partial charge in [0.1, 0.15) is 18.0 Å². The van der Waals surface area contributed by atoms with Crippen molar-refractivity contribution < 1.29 is 56.9 Å². The molecule has 0 aliphatic heterocycles. The summed E-state index contributed by atoms with van der Waals surface area (Å²) in [6.07, 6.45) is 0.232. The van der Waals surface area contributed by atoms with E-state index < -0.39 is 5.60 Å². The summed E-state index contributed by atoms with van der Waals surface area (Å²) in [6, 6.07) is 7.25. The van der Waals surface area contributed by atoms with Crippen molar-refractivity contribution in [3.63, 3.8) is 0 Å². The van der Waals surface area contributed by atoms with E-state index in [2.05, 4.69) is 0 Å². The van der Waals surface area contributed by atoms with Crippen molar-refractivity contribution >= 4 is 11.7 Å². The second-order valence-electron chi connectivity index (χ2n) is 10.3. The van der Waals surface area contributed by atoms with Crippen LogP contribution in [0.1, 0.15) is 27.2 Å². The number of benzene rings is 1. The Labute approximate surface area is 262 Å². The molecule has 1 rings (SSSR count). The van der Waals surface area contributed by atoms with Crippen LogP contribution in [0.5, 0.6) is 5.75 Å². The highest BCUT2D eigenvalue weighted by Crippen LogP contribution is 2.12. The fourth-order valence-corrected chi connectivity index (χ4v) is 3.19. The van der Waals surface area contributed by atoms with Gasteiger partial charge in [-0.05, 0) is 45.0 Å². The Morgan fingerprint density at radius 2 is 0.795 bits per heavy atom. The third-order valence-electron chi connectivity index (χ3n) is 5.22. The summed E-state index contributed by atoms with van der Waals surface area (Å²) in [5.41, 5.74) is 5.87. The topological polar surface area (TPSA) is 145 Å². The van der Waals surface area contributed by atoms with Gasteiger partial charge in [-0.2, -0.15) is 0 Å². The van der Waals surface area contributed by atoms with Crippen LogP contribution in [-0.2, 0) is 52.2 Å². The fourth-order valence-electron chi connectivity index (χ4n) is 3.19. The summed E-state index contributed by atoms with van der Waals surface area (Å²) in [5.74, 6) is 0.504. The molecular formula is C31H55NO12. The van der Waals surface area contributed by atoms with Gasteiger partial charge < -0.3 is 57.8 Å². The largest absolute Gasteiger partial charge is 0.491 e. The van der Waals surface area contributed by atoms with Crippen LogP contribution in [0.3, 0.4) is 0 Å². The van der Waals surface area contributed by atoms with E-state index in [9.17, 15) is 4.79 Å². The van der Waals surface area contributed by atoms with Crippen LogP contribution in [0.4, 0.5) is 5.69 Å². The standard InChI is InChI=1S/C31H55NO12/c1-31(2,3)44-30(33)8-9-34-10-11-35-12-13-36-14-15-37-16-17-38-18-19-39-20-21-40-22-23-41-24-25-42-26-27-43-29-6-4-28(32)5-7-29/h4-7H,8-27,32H2,1-3H3. The maximum Gasteiger partial charge on any atom is 0.308 e. The highest BCUT2D eigenvalue weighted by Gasteiger charge is 2.15. The minimum absolute atomic E-state index is 0.232. The molecule has 0 aromatic heterocycles. The van der Waals surface area contributed by atoms with Crippen molar-refractivity contribution in [2.45, 2.75) is 32.8 Å². The molecule has 0 unspecified atom stereocenters. The maximum atomic E-state index is 11.6. The molecule has 0 heterocycles. The van der Waals surface area contributed by atoms with Gasteiger partial charge in [-0.1, -0.05) is 0 Å². The summed E-state index contributed by atoms with van der Waals surface area (Å²) in [4.78, 5) is 11.6. The predicted octanol–water partition coefficient (Wildman–Crippen LogP) is 2.53. The first-order valence-corrected chi connectivity index (χ1v) is 15.3. The quantitative estimate of drug-likeness (QED) is 0.0727. The number of esters is 1. The molecule has 44 heavy (non-hydrogen) atoms. The van der Waals surface area contributed by atoms with Gasteiger partial charge in [-0.25, -0.2) is 0 Å². The zero-order chi connectivity index (χ0) is 32.0. The predicted molar refractivity (Wildman–Crippen MR) is 164 cm³/mol. The summed E-state index contributed by atoms with van der Waals surface area (Å²) in [7, 11) is 0. The fraction of sp³-hybridized carbons (Fsp3) is 0.774. The molecule has 0 aliphatic rings. The van der Waals surface area contributed by atoms with Crippen molar-refractivity contribution in [3.8, 4) is 5.75 Å². The summed E-state index contributed by atoms with van der Waals surface area (Å²) in [5, 5.41) is 0. The first-order chi connectivity index (χ1) is 21.4. The number of nitrogens with two attached hydrogens (primary N) is 1. The first kappa shape index (κ1) is 40.0. The SMILES string of the molecule is CC(C)(C)OC(=O)CCOCCOCCOCCOCCOCCOCCOCCOCCOCCOc1ccc(N)cc1. The summed E-state index contributed by atoms with van der Waals surface area (Å²) >= 11 is 0. The Bertz CT molecular complexity index is 776. The third kappa shape index (κ3) is 28.7. The van der Waals surface area contributed by atoms with Crippen LogP contribution >= 0.6 is 0 Å². The van der Waals surface area contributed by atoms with Gasteiger partial charge >= 0.3 is 5.97 Å². The highest BCUT2D eigenvalue weighted by molar-refractivity contribution is 5.69. The van der Waals surface area contributed by atoms with E-state index in [1.165, 1.54) is 0 Å². The molecule has 0 saturated carbocycles. The lowest BCUT2D eigenvalue weighted by Crippen LogP contribution is -2.24.